The lowest BCUT2D eigenvalue weighted by Gasteiger charge is -1.94. The maximum Gasteiger partial charge on any atom is 0.0473 e. The van der Waals surface area contributed by atoms with E-state index in [1.165, 1.54) is 0 Å². The smallest absolute Gasteiger partial charge is 0.0473 e. The molecule has 1 nitrogen and oxygen atoms in total. The van der Waals surface area contributed by atoms with Gasteiger partial charge in [0.1, 0.15) is 0 Å². The first-order valence-electron chi connectivity index (χ1n) is 2.55. The standard InChI is InChI=1S/C5H11BrO/c1-2-7-5-3-4-6/h2-5H2,1H3. The van der Waals surface area contributed by atoms with Crippen LogP contribution in [0, 0.1) is 0 Å². The normalized spacial score (nSPS) is 9.43. The van der Waals surface area contributed by atoms with Gasteiger partial charge in [-0.1, -0.05) is 15.9 Å². The van der Waals surface area contributed by atoms with Crippen molar-refractivity contribution in [2.75, 3.05) is 18.5 Å². The predicted octanol–water partition coefficient (Wildman–Crippen LogP) is 1.81. The minimum atomic E-state index is 0.840. The van der Waals surface area contributed by atoms with Crippen LogP contribution in [0.3, 0.4) is 0 Å². The molecular weight excluding hydrogens is 156 g/mol. The summed E-state index contributed by atoms with van der Waals surface area (Å²) in [6, 6.07) is 0. The molecule has 0 atom stereocenters. The lowest BCUT2D eigenvalue weighted by molar-refractivity contribution is 0.149. The van der Waals surface area contributed by atoms with Crippen molar-refractivity contribution in [2.24, 2.45) is 0 Å². The van der Waals surface area contributed by atoms with Crippen molar-refractivity contribution in [3.05, 3.63) is 0 Å². The zero-order valence-electron chi connectivity index (χ0n) is 4.61. The summed E-state index contributed by atoms with van der Waals surface area (Å²) in [5, 5.41) is 1.05. The Hall–Kier alpha value is 0.440. The molecule has 7 heavy (non-hydrogen) atoms. The predicted molar refractivity (Wildman–Crippen MR) is 34.9 cm³/mol. The minimum Gasteiger partial charge on any atom is -0.382 e. The van der Waals surface area contributed by atoms with Crippen molar-refractivity contribution >= 4 is 15.9 Å². The summed E-state index contributed by atoms with van der Waals surface area (Å²) < 4.78 is 5.04. The molecule has 0 saturated heterocycles. The summed E-state index contributed by atoms with van der Waals surface area (Å²) in [7, 11) is 0. The van der Waals surface area contributed by atoms with Crippen molar-refractivity contribution in [1.29, 1.82) is 0 Å². The van der Waals surface area contributed by atoms with Crippen molar-refractivity contribution in [2.45, 2.75) is 13.3 Å². The Morgan fingerprint density at radius 3 is 2.71 bits per heavy atom. The number of hydrogen-bond acceptors (Lipinski definition) is 1. The van der Waals surface area contributed by atoms with Gasteiger partial charge in [-0.25, -0.2) is 0 Å². The fourth-order valence-corrected chi connectivity index (χ4v) is 0.530. The molecule has 0 aromatic rings. The Balaban J connectivity index is 2.45. The van der Waals surface area contributed by atoms with E-state index >= 15 is 0 Å². The van der Waals surface area contributed by atoms with Gasteiger partial charge in [-0.2, -0.15) is 0 Å². The zero-order chi connectivity index (χ0) is 5.54. The molecule has 0 aliphatic heterocycles. The van der Waals surface area contributed by atoms with Crippen LogP contribution in [0.1, 0.15) is 13.3 Å². The molecule has 2 heteroatoms. The molecule has 0 spiro atoms. The van der Waals surface area contributed by atoms with Crippen LogP contribution in [0.5, 0.6) is 0 Å². The monoisotopic (exact) mass is 166 g/mol. The van der Waals surface area contributed by atoms with Gasteiger partial charge in [0.05, 0.1) is 0 Å². The SMILES string of the molecule is CCOCCCBr. The van der Waals surface area contributed by atoms with E-state index in [2.05, 4.69) is 15.9 Å². The lowest BCUT2D eigenvalue weighted by atomic mass is 10.5. The molecule has 44 valence electrons. The van der Waals surface area contributed by atoms with E-state index in [1.54, 1.807) is 0 Å². The molecule has 0 saturated carbocycles. The van der Waals surface area contributed by atoms with Crippen LogP contribution in [0.15, 0.2) is 0 Å². The van der Waals surface area contributed by atoms with Gasteiger partial charge in [-0.15, -0.1) is 0 Å². The molecule has 0 rings (SSSR count). The first-order chi connectivity index (χ1) is 3.41. The second-order valence-electron chi connectivity index (χ2n) is 1.24. The van der Waals surface area contributed by atoms with Gasteiger partial charge >= 0.3 is 0 Å². The van der Waals surface area contributed by atoms with Crippen LogP contribution in [-0.2, 0) is 4.74 Å². The number of halogens is 1. The number of alkyl halides is 1. The van der Waals surface area contributed by atoms with E-state index in [9.17, 15) is 0 Å². The molecule has 0 amide bonds. The Bertz CT molecular complexity index is 27.3. The highest BCUT2D eigenvalue weighted by molar-refractivity contribution is 9.09. The maximum atomic E-state index is 5.04. The van der Waals surface area contributed by atoms with Gasteiger partial charge in [0.2, 0.25) is 0 Å². The summed E-state index contributed by atoms with van der Waals surface area (Å²) in [5.41, 5.74) is 0. The van der Waals surface area contributed by atoms with Crippen LogP contribution in [0.4, 0.5) is 0 Å². The quantitative estimate of drug-likeness (QED) is 0.458. The molecule has 0 aromatic carbocycles. The van der Waals surface area contributed by atoms with Crippen LogP contribution >= 0.6 is 15.9 Å². The highest BCUT2D eigenvalue weighted by Gasteiger charge is 1.79. The maximum absolute atomic E-state index is 5.04. The van der Waals surface area contributed by atoms with E-state index in [1.807, 2.05) is 6.92 Å². The second kappa shape index (κ2) is 6.44. The number of ether oxygens (including phenoxy) is 1. The summed E-state index contributed by atoms with van der Waals surface area (Å²) in [6.45, 7) is 3.74. The molecule has 0 aliphatic rings. The van der Waals surface area contributed by atoms with E-state index in [0.29, 0.717) is 0 Å². The molecule has 0 bridgehead atoms. The lowest BCUT2D eigenvalue weighted by Crippen LogP contribution is -1.92. The molecular formula is C5H11BrO. The largest absolute Gasteiger partial charge is 0.382 e. The third-order valence-corrected chi connectivity index (χ3v) is 1.19. The number of rotatable bonds is 4. The molecule has 0 unspecified atom stereocenters. The van der Waals surface area contributed by atoms with Gasteiger partial charge in [0.15, 0.2) is 0 Å². The van der Waals surface area contributed by atoms with Crippen molar-refractivity contribution in [3.63, 3.8) is 0 Å². The van der Waals surface area contributed by atoms with Crippen LogP contribution in [0.25, 0.3) is 0 Å². The molecule has 0 N–H and O–H groups in total. The Labute approximate surface area is 53.2 Å². The van der Waals surface area contributed by atoms with Gasteiger partial charge in [0.25, 0.3) is 0 Å². The molecule has 0 aliphatic carbocycles. The summed E-state index contributed by atoms with van der Waals surface area (Å²) in [4.78, 5) is 0. The fraction of sp³-hybridized carbons (Fsp3) is 1.00. The fourth-order valence-electron chi connectivity index (χ4n) is 0.301. The Morgan fingerprint density at radius 1 is 1.57 bits per heavy atom. The highest BCUT2D eigenvalue weighted by Crippen LogP contribution is 1.86. The van der Waals surface area contributed by atoms with Crippen LogP contribution in [0.2, 0.25) is 0 Å². The average Bonchev–Trinajstić information content (AvgIpc) is 1.69. The Kier molecular flexibility index (Phi) is 6.84. The highest BCUT2D eigenvalue weighted by atomic mass is 79.9. The van der Waals surface area contributed by atoms with Crippen LogP contribution in [-0.4, -0.2) is 18.5 Å². The van der Waals surface area contributed by atoms with Crippen molar-refractivity contribution in [1.82, 2.24) is 0 Å². The Morgan fingerprint density at radius 2 is 2.29 bits per heavy atom. The third kappa shape index (κ3) is 6.44. The molecule has 0 aromatic heterocycles. The van der Waals surface area contributed by atoms with Gasteiger partial charge in [-0.05, 0) is 13.3 Å². The van der Waals surface area contributed by atoms with Gasteiger partial charge < -0.3 is 4.74 Å². The van der Waals surface area contributed by atoms with E-state index in [0.717, 1.165) is 25.0 Å². The first kappa shape index (κ1) is 7.44. The van der Waals surface area contributed by atoms with Crippen molar-refractivity contribution in [3.8, 4) is 0 Å². The van der Waals surface area contributed by atoms with E-state index in [-0.39, 0.29) is 0 Å². The average molecular weight is 167 g/mol. The van der Waals surface area contributed by atoms with Crippen molar-refractivity contribution < 1.29 is 4.74 Å². The first-order valence-corrected chi connectivity index (χ1v) is 3.67. The van der Waals surface area contributed by atoms with E-state index in [4.69, 9.17) is 4.74 Å². The summed E-state index contributed by atoms with van der Waals surface area (Å²) >= 11 is 3.30. The molecule has 0 radical (unpaired) electrons. The molecule has 0 heterocycles. The third-order valence-electron chi connectivity index (χ3n) is 0.626. The molecule has 0 fully saturated rings. The van der Waals surface area contributed by atoms with Gasteiger partial charge in [0, 0.05) is 18.5 Å². The summed E-state index contributed by atoms with van der Waals surface area (Å²) in [5.74, 6) is 0. The second-order valence-corrected chi connectivity index (χ2v) is 2.03. The summed E-state index contributed by atoms with van der Waals surface area (Å²) in [6.07, 6.45) is 1.12. The van der Waals surface area contributed by atoms with Gasteiger partial charge in [-0.3, -0.25) is 0 Å². The van der Waals surface area contributed by atoms with E-state index < -0.39 is 0 Å². The number of hydrogen-bond donors (Lipinski definition) is 0. The van der Waals surface area contributed by atoms with Crippen LogP contribution < -0.4 is 0 Å². The zero-order valence-corrected chi connectivity index (χ0v) is 6.20. The topological polar surface area (TPSA) is 9.23 Å². The minimum absolute atomic E-state index is 0.840.